The average Bonchev–Trinajstić information content (AvgIpc) is 2.91. The van der Waals surface area contributed by atoms with E-state index in [0.717, 1.165) is 12.2 Å². The largest absolute Gasteiger partial charge is 0.423 e. The summed E-state index contributed by atoms with van der Waals surface area (Å²) in [4.78, 5) is 10.8. The van der Waals surface area contributed by atoms with E-state index >= 15 is 0 Å². The van der Waals surface area contributed by atoms with Crippen LogP contribution < -0.4 is 10.6 Å². The molecule has 0 aliphatic heterocycles. The predicted octanol–water partition coefficient (Wildman–Crippen LogP) is 2.83. The molecule has 20 heavy (non-hydrogen) atoms. The molecule has 3 aromatic rings. The van der Waals surface area contributed by atoms with Crippen molar-refractivity contribution in [2.75, 3.05) is 17.2 Å². The molecular formula is C15H16N4O. The number of nitrogens with zero attached hydrogens (tertiary/aromatic N) is 3. The van der Waals surface area contributed by atoms with E-state index in [1.54, 1.807) is 6.20 Å². The van der Waals surface area contributed by atoms with Crippen LogP contribution in [-0.4, -0.2) is 16.5 Å². The third kappa shape index (κ3) is 2.30. The molecule has 0 spiro atoms. The van der Waals surface area contributed by atoms with Gasteiger partial charge in [-0.05, 0) is 31.2 Å². The molecule has 0 bridgehead atoms. The van der Waals surface area contributed by atoms with Gasteiger partial charge in [-0.15, -0.1) is 0 Å². The SMILES string of the molecule is CCN(Cc1ccccn1)c1nc2c(N)cccc2o1. The topological polar surface area (TPSA) is 68.2 Å². The first-order chi connectivity index (χ1) is 9.78. The molecule has 0 atom stereocenters. The van der Waals surface area contributed by atoms with Crippen LogP contribution >= 0.6 is 0 Å². The number of oxazole rings is 1. The molecule has 0 amide bonds. The Morgan fingerprint density at radius 3 is 2.80 bits per heavy atom. The molecule has 0 unspecified atom stereocenters. The maximum absolute atomic E-state index is 5.91. The van der Waals surface area contributed by atoms with Crippen LogP contribution in [0.5, 0.6) is 0 Å². The van der Waals surface area contributed by atoms with Crippen molar-refractivity contribution in [1.29, 1.82) is 0 Å². The second-order valence-electron chi connectivity index (χ2n) is 4.53. The van der Waals surface area contributed by atoms with Crippen molar-refractivity contribution in [3.05, 3.63) is 48.3 Å². The summed E-state index contributed by atoms with van der Waals surface area (Å²) in [6.45, 7) is 3.49. The van der Waals surface area contributed by atoms with Crippen LogP contribution in [0.2, 0.25) is 0 Å². The van der Waals surface area contributed by atoms with Crippen molar-refractivity contribution in [2.24, 2.45) is 0 Å². The summed E-state index contributed by atoms with van der Waals surface area (Å²) >= 11 is 0. The number of para-hydroxylation sites is 1. The van der Waals surface area contributed by atoms with Crippen LogP contribution in [0, 0.1) is 0 Å². The Balaban J connectivity index is 1.93. The van der Waals surface area contributed by atoms with Gasteiger partial charge in [-0.2, -0.15) is 4.98 Å². The molecule has 3 rings (SSSR count). The number of fused-ring (bicyclic) bond motifs is 1. The molecule has 0 saturated carbocycles. The lowest BCUT2D eigenvalue weighted by molar-refractivity contribution is 0.567. The fourth-order valence-electron chi connectivity index (χ4n) is 2.10. The van der Waals surface area contributed by atoms with Gasteiger partial charge >= 0.3 is 0 Å². The van der Waals surface area contributed by atoms with Crippen molar-refractivity contribution >= 4 is 22.8 Å². The highest BCUT2D eigenvalue weighted by Crippen LogP contribution is 2.26. The van der Waals surface area contributed by atoms with Crippen LogP contribution in [0.15, 0.2) is 47.0 Å². The molecule has 0 aliphatic rings. The number of hydrogen-bond acceptors (Lipinski definition) is 5. The summed E-state index contributed by atoms with van der Waals surface area (Å²) in [5.74, 6) is 0. The summed E-state index contributed by atoms with van der Waals surface area (Å²) in [6, 6.07) is 12.0. The zero-order chi connectivity index (χ0) is 13.9. The Morgan fingerprint density at radius 2 is 2.10 bits per heavy atom. The molecule has 2 N–H and O–H groups in total. The van der Waals surface area contributed by atoms with Gasteiger partial charge in [0.2, 0.25) is 0 Å². The third-order valence-corrected chi connectivity index (χ3v) is 3.17. The lowest BCUT2D eigenvalue weighted by Crippen LogP contribution is -2.22. The lowest BCUT2D eigenvalue weighted by Gasteiger charge is -2.17. The van der Waals surface area contributed by atoms with Crippen LogP contribution in [0.25, 0.3) is 11.1 Å². The summed E-state index contributed by atoms with van der Waals surface area (Å²) < 4.78 is 5.78. The standard InChI is InChI=1S/C15H16N4O/c1-2-19(10-11-6-3-4-9-17-11)15-18-14-12(16)7-5-8-13(14)20-15/h3-9H,2,10,16H2,1H3. The zero-order valence-corrected chi connectivity index (χ0v) is 11.3. The van der Waals surface area contributed by atoms with Gasteiger partial charge in [0.1, 0.15) is 5.52 Å². The summed E-state index contributed by atoms with van der Waals surface area (Å²) in [7, 11) is 0. The highest BCUT2D eigenvalue weighted by molar-refractivity contribution is 5.86. The van der Waals surface area contributed by atoms with E-state index in [-0.39, 0.29) is 0 Å². The highest BCUT2D eigenvalue weighted by atomic mass is 16.4. The molecule has 2 aromatic heterocycles. The lowest BCUT2D eigenvalue weighted by atomic mass is 10.3. The Hall–Kier alpha value is -2.56. The van der Waals surface area contributed by atoms with E-state index in [2.05, 4.69) is 16.9 Å². The van der Waals surface area contributed by atoms with Gasteiger partial charge in [0.25, 0.3) is 6.01 Å². The summed E-state index contributed by atoms with van der Waals surface area (Å²) in [6.07, 6.45) is 1.78. The fourth-order valence-corrected chi connectivity index (χ4v) is 2.10. The molecule has 2 heterocycles. The predicted molar refractivity (Wildman–Crippen MR) is 79.4 cm³/mol. The van der Waals surface area contributed by atoms with Gasteiger partial charge in [-0.3, -0.25) is 4.98 Å². The number of nitrogen functional groups attached to an aromatic ring is 1. The molecule has 102 valence electrons. The first kappa shape index (κ1) is 12.5. The van der Waals surface area contributed by atoms with E-state index < -0.39 is 0 Å². The van der Waals surface area contributed by atoms with E-state index in [4.69, 9.17) is 10.2 Å². The molecule has 5 heteroatoms. The van der Waals surface area contributed by atoms with Crippen molar-refractivity contribution in [2.45, 2.75) is 13.5 Å². The number of aromatic nitrogens is 2. The first-order valence-corrected chi connectivity index (χ1v) is 6.58. The van der Waals surface area contributed by atoms with Gasteiger partial charge in [0, 0.05) is 12.7 Å². The molecule has 5 nitrogen and oxygen atoms in total. The van der Waals surface area contributed by atoms with Gasteiger partial charge in [0.15, 0.2) is 5.58 Å². The van der Waals surface area contributed by atoms with Crippen LogP contribution in [0.1, 0.15) is 12.6 Å². The number of benzene rings is 1. The molecule has 1 aromatic carbocycles. The Morgan fingerprint density at radius 1 is 1.20 bits per heavy atom. The quantitative estimate of drug-likeness (QED) is 0.737. The van der Waals surface area contributed by atoms with Crippen molar-refractivity contribution in [3.63, 3.8) is 0 Å². The minimum atomic E-state index is 0.575. The molecular weight excluding hydrogens is 252 g/mol. The minimum Gasteiger partial charge on any atom is -0.423 e. The van der Waals surface area contributed by atoms with Crippen molar-refractivity contribution in [3.8, 4) is 0 Å². The molecule has 0 aliphatic carbocycles. The van der Waals surface area contributed by atoms with Crippen LogP contribution in [0.3, 0.4) is 0 Å². The number of anilines is 2. The average molecular weight is 268 g/mol. The maximum atomic E-state index is 5.91. The molecule has 0 radical (unpaired) electrons. The number of nitrogens with two attached hydrogens (primary N) is 1. The van der Waals surface area contributed by atoms with Crippen molar-refractivity contribution < 1.29 is 4.42 Å². The number of rotatable bonds is 4. The van der Waals surface area contributed by atoms with E-state index in [1.165, 1.54) is 0 Å². The Bertz CT molecular complexity index is 708. The Labute approximate surface area is 117 Å². The number of hydrogen-bond donors (Lipinski definition) is 1. The van der Waals surface area contributed by atoms with E-state index in [0.29, 0.717) is 29.3 Å². The smallest absolute Gasteiger partial charge is 0.298 e. The van der Waals surface area contributed by atoms with Gasteiger partial charge < -0.3 is 15.1 Å². The molecule has 0 fully saturated rings. The Kier molecular flexibility index (Phi) is 3.25. The fraction of sp³-hybridized carbons (Fsp3) is 0.200. The van der Waals surface area contributed by atoms with E-state index in [9.17, 15) is 0 Å². The highest BCUT2D eigenvalue weighted by Gasteiger charge is 2.14. The zero-order valence-electron chi connectivity index (χ0n) is 11.3. The second-order valence-corrected chi connectivity index (χ2v) is 4.53. The normalized spacial score (nSPS) is 10.8. The van der Waals surface area contributed by atoms with E-state index in [1.807, 2.05) is 41.3 Å². The summed E-state index contributed by atoms with van der Waals surface area (Å²) in [5, 5.41) is 0. The number of pyridine rings is 1. The first-order valence-electron chi connectivity index (χ1n) is 6.58. The third-order valence-electron chi connectivity index (χ3n) is 3.17. The van der Waals surface area contributed by atoms with Crippen molar-refractivity contribution in [1.82, 2.24) is 9.97 Å². The summed E-state index contributed by atoms with van der Waals surface area (Å²) in [5.41, 5.74) is 8.94. The van der Waals surface area contributed by atoms with Crippen LogP contribution in [-0.2, 0) is 6.54 Å². The van der Waals surface area contributed by atoms with Gasteiger partial charge in [0.05, 0.1) is 17.9 Å². The maximum Gasteiger partial charge on any atom is 0.298 e. The van der Waals surface area contributed by atoms with Gasteiger partial charge in [-0.1, -0.05) is 12.1 Å². The second kappa shape index (κ2) is 5.21. The minimum absolute atomic E-state index is 0.575. The molecule has 0 saturated heterocycles. The van der Waals surface area contributed by atoms with Gasteiger partial charge in [-0.25, -0.2) is 0 Å². The van der Waals surface area contributed by atoms with Crippen LogP contribution in [0.4, 0.5) is 11.7 Å². The monoisotopic (exact) mass is 268 g/mol.